The van der Waals surface area contributed by atoms with Gasteiger partial charge in [0.05, 0.1) is 6.42 Å². The summed E-state index contributed by atoms with van der Waals surface area (Å²) in [6.45, 7) is 1.19. The van der Waals surface area contributed by atoms with E-state index in [0.717, 1.165) is 0 Å². The summed E-state index contributed by atoms with van der Waals surface area (Å²) in [5.74, 6) is -0.861. The molecule has 2 aromatic rings. The van der Waals surface area contributed by atoms with Gasteiger partial charge >= 0.3 is 5.97 Å². The van der Waals surface area contributed by atoms with Crippen molar-refractivity contribution in [3.05, 3.63) is 48.0 Å². The third kappa shape index (κ3) is 4.05. The second-order valence-corrected chi connectivity index (χ2v) is 4.67. The van der Waals surface area contributed by atoms with E-state index in [4.69, 9.17) is 10.8 Å². The van der Waals surface area contributed by atoms with Gasteiger partial charge < -0.3 is 16.2 Å². The molecule has 0 saturated carbocycles. The van der Waals surface area contributed by atoms with Gasteiger partial charge in [-0.3, -0.25) is 4.79 Å². The smallest absolute Gasteiger partial charge is 0.304 e. The van der Waals surface area contributed by atoms with E-state index in [2.05, 4.69) is 35.6 Å². The molecule has 0 aromatic heterocycles. The minimum Gasteiger partial charge on any atom is -0.481 e. The summed E-state index contributed by atoms with van der Waals surface area (Å²) in [5, 5.41) is 14.2. The van der Waals surface area contributed by atoms with Crippen LogP contribution in [-0.2, 0) is 11.3 Å². The number of carboxylic acids is 1. The Bertz CT molecular complexity index is 569. The molecule has 0 amide bonds. The molecule has 19 heavy (non-hydrogen) atoms. The number of hydrogen-bond donors (Lipinski definition) is 3. The van der Waals surface area contributed by atoms with Gasteiger partial charge in [0.25, 0.3) is 0 Å². The Balaban J connectivity index is 1.89. The zero-order valence-corrected chi connectivity index (χ0v) is 10.7. The Hall–Kier alpha value is -1.91. The van der Waals surface area contributed by atoms with E-state index < -0.39 is 5.97 Å². The van der Waals surface area contributed by atoms with Crippen molar-refractivity contribution in [3.8, 4) is 0 Å². The molecule has 0 aliphatic rings. The van der Waals surface area contributed by atoms with Gasteiger partial charge in [-0.2, -0.15) is 0 Å². The van der Waals surface area contributed by atoms with E-state index in [-0.39, 0.29) is 12.5 Å². The number of nitrogens with one attached hydrogen (secondary N) is 1. The lowest BCUT2D eigenvalue weighted by atomic mass is 10.1. The van der Waals surface area contributed by atoms with E-state index in [1.165, 1.54) is 16.3 Å². The largest absolute Gasteiger partial charge is 0.481 e. The molecule has 0 saturated heterocycles. The van der Waals surface area contributed by atoms with Gasteiger partial charge in [-0.1, -0.05) is 36.4 Å². The number of carboxylic acid groups (broad SMARTS) is 1. The standard InChI is InChI=1S/C15H18N2O2/c16-14(8-15(18)19)10-17-9-11-5-6-12-3-1-2-4-13(12)7-11/h1-7,14,17H,8-10,16H2,(H,18,19). The van der Waals surface area contributed by atoms with E-state index in [9.17, 15) is 4.79 Å². The molecular weight excluding hydrogens is 240 g/mol. The quantitative estimate of drug-likeness (QED) is 0.737. The van der Waals surface area contributed by atoms with Crippen molar-refractivity contribution < 1.29 is 9.90 Å². The molecule has 0 aliphatic heterocycles. The fraction of sp³-hybridized carbons (Fsp3) is 0.267. The molecule has 4 nitrogen and oxygen atoms in total. The number of benzene rings is 2. The minimum atomic E-state index is -0.861. The van der Waals surface area contributed by atoms with E-state index in [1.807, 2.05) is 12.1 Å². The zero-order chi connectivity index (χ0) is 13.7. The van der Waals surface area contributed by atoms with Crippen molar-refractivity contribution in [1.82, 2.24) is 5.32 Å². The van der Waals surface area contributed by atoms with Crippen molar-refractivity contribution in [2.45, 2.75) is 19.0 Å². The second kappa shape index (κ2) is 6.31. The SMILES string of the molecule is NC(CNCc1ccc2ccccc2c1)CC(=O)O. The van der Waals surface area contributed by atoms with Crippen LogP contribution in [0, 0.1) is 0 Å². The van der Waals surface area contributed by atoms with Gasteiger partial charge in [0, 0.05) is 19.1 Å². The first kappa shape index (κ1) is 13.5. The highest BCUT2D eigenvalue weighted by Gasteiger charge is 2.07. The van der Waals surface area contributed by atoms with Gasteiger partial charge in [0.15, 0.2) is 0 Å². The number of nitrogens with two attached hydrogens (primary N) is 1. The summed E-state index contributed by atoms with van der Waals surface area (Å²) in [6.07, 6.45) is -0.00921. The molecule has 2 aromatic carbocycles. The summed E-state index contributed by atoms with van der Waals surface area (Å²) in [5.41, 5.74) is 6.85. The normalized spacial score (nSPS) is 12.5. The Morgan fingerprint density at radius 3 is 2.68 bits per heavy atom. The van der Waals surface area contributed by atoms with E-state index >= 15 is 0 Å². The van der Waals surface area contributed by atoms with Crippen LogP contribution < -0.4 is 11.1 Å². The molecule has 100 valence electrons. The molecule has 0 radical (unpaired) electrons. The monoisotopic (exact) mass is 258 g/mol. The first-order chi connectivity index (χ1) is 9.15. The first-order valence-electron chi connectivity index (χ1n) is 6.31. The van der Waals surface area contributed by atoms with Gasteiger partial charge in [-0.05, 0) is 22.4 Å². The van der Waals surface area contributed by atoms with Crippen LogP contribution in [0.15, 0.2) is 42.5 Å². The fourth-order valence-electron chi connectivity index (χ4n) is 2.05. The maximum atomic E-state index is 10.5. The lowest BCUT2D eigenvalue weighted by Gasteiger charge is -2.10. The van der Waals surface area contributed by atoms with Crippen LogP contribution in [0.1, 0.15) is 12.0 Å². The maximum absolute atomic E-state index is 10.5. The maximum Gasteiger partial charge on any atom is 0.304 e. The highest BCUT2D eigenvalue weighted by Crippen LogP contribution is 2.15. The highest BCUT2D eigenvalue weighted by atomic mass is 16.4. The Morgan fingerprint density at radius 1 is 1.21 bits per heavy atom. The molecule has 1 atom stereocenters. The number of fused-ring (bicyclic) bond motifs is 1. The van der Waals surface area contributed by atoms with Crippen molar-refractivity contribution in [2.75, 3.05) is 6.54 Å². The van der Waals surface area contributed by atoms with E-state index in [1.54, 1.807) is 0 Å². The predicted octanol–water partition coefficient (Wildman–Crippen LogP) is 1.73. The van der Waals surface area contributed by atoms with Gasteiger partial charge in [-0.15, -0.1) is 0 Å². The molecule has 2 rings (SSSR count). The summed E-state index contributed by atoms with van der Waals surface area (Å²) in [7, 11) is 0. The van der Waals surface area contributed by atoms with Crippen LogP contribution in [0.5, 0.6) is 0 Å². The average Bonchev–Trinajstić information content (AvgIpc) is 2.37. The second-order valence-electron chi connectivity index (χ2n) is 4.67. The van der Waals surface area contributed by atoms with Crippen LogP contribution in [-0.4, -0.2) is 23.7 Å². The Kier molecular flexibility index (Phi) is 4.49. The van der Waals surface area contributed by atoms with Crippen LogP contribution in [0.25, 0.3) is 10.8 Å². The highest BCUT2D eigenvalue weighted by molar-refractivity contribution is 5.82. The third-order valence-electron chi connectivity index (χ3n) is 2.99. The molecule has 0 bridgehead atoms. The van der Waals surface area contributed by atoms with Crippen molar-refractivity contribution in [2.24, 2.45) is 5.73 Å². The van der Waals surface area contributed by atoms with Gasteiger partial charge in [0.1, 0.15) is 0 Å². The zero-order valence-electron chi connectivity index (χ0n) is 10.7. The molecule has 0 fully saturated rings. The topological polar surface area (TPSA) is 75.3 Å². The number of aliphatic carboxylic acids is 1. The fourth-order valence-corrected chi connectivity index (χ4v) is 2.05. The van der Waals surface area contributed by atoms with Crippen LogP contribution >= 0.6 is 0 Å². The molecule has 0 aliphatic carbocycles. The minimum absolute atomic E-state index is 0.00921. The van der Waals surface area contributed by atoms with Crippen LogP contribution in [0.2, 0.25) is 0 Å². The van der Waals surface area contributed by atoms with Crippen molar-refractivity contribution in [1.29, 1.82) is 0 Å². The summed E-state index contributed by atoms with van der Waals surface area (Å²) >= 11 is 0. The summed E-state index contributed by atoms with van der Waals surface area (Å²) in [4.78, 5) is 10.5. The average molecular weight is 258 g/mol. The molecule has 4 N–H and O–H groups in total. The van der Waals surface area contributed by atoms with Crippen LogP contribution in [0.3, 0.4) is 0 Å². The van der Waals surface area contributed by atoms with Gasteiger partial charge in [-0.25, -0.2) is 0 Å². The molecule has 1 unspecified atom stereocenters. The van der Waals surface area contributed by atoms with Crippen LogP contribution in [0.4, 0.5) is 0 Å². The lowest BCUT2D eigenvalue weighted by molar-refractivity contribution is -0.137. The summed E-state index contributed by atoms with van der Waals surface area (Å²) in [6, 6.07) is 14.1. The predicted molar refractivity (Wildman–Crippen MR) is 75.9 cm³/mol. The molecular formula is C15H18N2O2. The Labute approximate surface area is 112 Å². The lowest BCUT2D eigenvalue weighted by Crippen LogP contribution is -2.35. The number of rotatable bonds is 6. The van der Waals surface area contributed by atoms with Crippen molar-refractivity contribution in [3.63, 3.8) is 0 Å². The Morgan fingerprint density at radius 2 is 1.95 bits per heavy atom. The van der Waals surface area contributed by atoms with E-state index in [0.29, 0.717) is 13.1 Å². The number of carbonyl (C=O) groups is 1. The third-order valence-corrected chi connectivity index (χ3v) is 2.99. The molecule has 0 spiro atoms. The van der Waals surface area contributed by atoms with Crippen molar-refractivity contribution >= 4 is 16.7 Å². The first-order valence-corrected chi connectivity index (χ1v) is 6.31. The number of hydrogen-bond acceptors (Lipinski definition) is 3. The summed E-state index contributed by atoms with van der Waals surface area (Å²) < 4.78 is 0. The molecule has 0 heterocycles. The molecule has 4 heteroatoms. The van der Waals surface area contributed by atoms with Gasteiger partial charge in [0.2, 0.25) is 0 Å².